The number of hydrogen-bond donors (Lipinski definition) is 0. The normalized spacial score (nSPS) is 22.5. The van der Waals surface area contributed by atoms with Crippen molar-refractivity contribution < 1.29 is 14.3 Å². The molecule has 122 valence electrons. The molecule has 2 rings (SSSR count). The molecule has 1 aromatic rings. The minimum Gasteiger partial charge on any atom is -0.457 e. The summed E-state index contributed by atoms with van der Waals surface area (Å²) in [4.78, 5) is 24.3. The highest BCUT2D eigenvalue weighted by Gasteiger charge is 2.69. The topological polar surface area (TPSA) is 48.3 Å². The Morgan fingerprint density at radius 2 is 1.95 bits per heavy atom. The number of carbonyl (C=O) groups excluding carboxylic acids is 2. The van der Waals surface area contributed by atoms with Crippen molar-refractivity contribution >= 4 is 35.0 Å². The van der Waals surface area contributed by atoms with Crippen molar-refractivity contribution in [1.29, 1.82) is 0 Å². The van der Waals surface area contributed by atoms with E-state index in [-0.39, 0.29) is 12.4 Å². The van der Waals surface area contributed by atoms with E-state index in [0.717, 1.165) is 24.4 Å². The Bertz CT molecular complexity index is 621. The van der Waals surface area contributed by atoms with Gasteiger partial charge in [-0.25, -0.2) is 0 Å². The van der Waals surface area contributed by atoms with E-state index < -0.39 is 15.7 Å². The SMILES string of the molecule is CCCn1c(C)cc(C(=O)COC(=O)C2(C)CC2(Cl)Cl)c1C. The zero-order valence-corrected chi connectivity index (χ0v) is 14.8. The standard InChI is InChI=1S/C16H21Cl2NO3/c1-5-6-19-10(2)7-12(11(19)3)13(20)8-22-14(21)15(4)9-16(15,17)18/h7H,5-6,8-9H2,1-4H3. The third kappa shape index (κ3) is 2.91. The molecule has 22 heavy (non-hydrogen) atoms. The average Bonchev–Trinajstić information content (AvgIpc) is 2.84. The summed E-state index contributed by atoms with van der Waals surface area (Å²) in [5, 5.41) is 0. The number of ether oxygens (including phenoxy) is 1. The van der Waals surface area contributed by atoms with Crippen molar-refractivity contribution in [2.45, 2.75) is 51.4 Å². The Kier molecular flexibility index (Phi) is 4.65. The summed E-state index contributed by atoms with van der Waals surface area (Å²) in [7, 11) is 0. The molecule has 4 nitrogen and oxygen atoms in total. The summed E-state index contributed by atoms with van der Waals surface area (Å²) in [6.45, 7) is 8.18. The number of Topliss-reactive ketones (excluding diaryl/α,β-unsaturated/α-hetero) is 1. The molecule has 0 spiro atoms. The summed E-state index contributed by atoms with van der Waals surface area (Å²) in [6.07, 6.45) is 1.34. The van der Waals surface area contributed by atoms with Crippen molar-refractivity contribution in [3.05, 3.63) is 23.0 Å². The van der Waals surface area contributed by atoms with E-state index in [1.165, 1.54) is 0 Å². The molecular weight excluding hydrogens is 325 g/mol. The highest BCUT2D eigenvalue weighted by atomic mass is 35.5. The first-order chi connectivity index (χ1) is 10.1. The number of hydrogen-bond acceptors (Lipinski definition) is 3. The predicted octanol–water partition coefficient (Wildman–Crippen LogP) is 3.82. The Balaban J connectivity index is 2.02. The molecule has 0 N–H and O–H groups in total. The minimum absolute atomic E-state index is 0.206. The van der Waals surface area contributed by atoms with Crippen LogP contribution in [0.5, 0.6) is 0 Å². The first-order valence-corrected chi connectivity index (χ1v) is 8.14. The summed E-state index contributed by atoms with van der Waals surface area (Å²) in [5.41, 5.74) is 1.63. The van der Waals surface area contributed by atoms with E-state index in [1.54, 1.807) is 6.92 Å². The monoisotopic (exact) mass is 345 g/mol. The first kappa shape index (κ1) is 17.4. The van der Waals surface area contributed by atoms with Gasteiger partial charge in [0.1, 0.15) is 9.75 Å². The second kappa shape index (κ2) is 5.89. The Morgan fingerprint density at radius 1 is 1.36 bits per heavy atom. The van der Waals surface area contributed by atoms with E-state index >= 15 is 0 Å². The van der Waals surface area contributed by atoms with Gasteiger partial charge >= 0.3 is 5.97 Å². The molecule has 0 amide bonds. The van der Waals surface area contributed by atoms with Gasteiger partial charge in [0.05, 0.1) is 0 Å². The summed E-state index contributed by atoms with van der Waals surface area (Å²) in [6, 6.07) is 1.84. The fourth-order valence-corrected chi connectivity index (χ4v) is 3.33. The van der Waals surface area contributed by atoms with Gasteiger partial charge in [0.25, 0.3) is 0 Å². The van der Waals surface area contributed by atoms with Gasteiger partial charge in [-0.3, -0.25) is 9.59 Å². The molecule has 1 aromatic heterocycles. The fraction of sp³-hybridized carbons (Fsp3) is 0.625. The second-order valence-electron chi connectivity index (χ2n) is 6.15. The van der Waals surface area contributed by atoms with Crippen LogP contribution in [0, 0.1) is 19.3 Å². The van der Waals surface area contributed by atoms with E-state index in [2.05, 4.69) is 11.5 Å². The molecule has 0 aliphatic heterocycles. The Hall–Kier alpha value is -1.000. The number of nitrogens with zero attached hydrogens (tertiary/aromatic N) is 1. The number of esters is 1. The Morgan fingerprint density at radius 3 is 2.45 bits per heavy atom. The molecule has 1 unspecified atom stereocenters. The maximum absolute atomic E-state index is 12.3. The van der Waals surface area contributed by atoms with Crippen molar-refractivity contribution in [1.82, 2.24) is 4.57 Å². The molecule has 1 atom stereocenters. The molecule has 1 fully saturated rings. The minimum atomic E-state index is -1.08. The van der Waals surface area contributed by atoms with Crippen LogP contribution in [-0.2, 0) is 16.1 Å². The van der Waals surface area contributed by atoms with Crippen molar-refractivity contribution in [3.8, 4) is 0 Å². The molecule has 1 aliphatic carbocycles. The molecule has 0 bridgehead atoms. The number of aromatic nitrogens is 1. The summed E-state index contributed by atoms with van der Waals surface area (Å²) in [5.74, 6) is -0.726. The first-order valence-electron chi connectivity index (χ1n) is 7.39. The van der Waals surface area contributed by atoms with E-state index in [0.29, 0.717) is 12.0 Å². The van der Waals surface area contributed by atoms with Crippen LogP contribution in [0.4, 0.5) is 0 Å². The van der Waals surface area contributed by atoms with Crippen LogP contribution in [0.2, 0.25) is 0 Å². The van der Waals surface area contributed by atoms with E-state index in [1.807, 2.05) is 19.9 Å². The lowest BCUT2D eigenvalue weighted by Crippen LogP contribution is -2.24. The predicted molar refractivity (Wildman–Crippen MR) is 86.6 cm³/mol. The van der Waals surface area contributed by atoms with Gasteiger partial charge in [-0.15, -0.1) is 23.2 Å². The number of halogens is 2. The highest BCUT2D eigenvalue weighted by Crippen LogP contribution is 2.64. The number of ketones is 1. The lowest BCUT2D eigenvalue weighted by atomic mass is 10.1. The third-order valence-corrected chi connectivity index (χ3v) is 5.47. The maximum Gasteiger partial charge on any atom is 0.315 e. The van der Waals surface area contributed by atoms with Gasteiger partial charge in [-0.05, 0) is 33.3 Å². The van der Waals surface area contributed by atoms with Crippen LogP contribution in [0.15, 0.2) is 6.07 Å². The molecule has 1 aliphatic rings. The summed E-state index contributed by atoms with van der Waals surface area (Å²) >= 11 is 11.9. The lowest BCUT2D eigenvalue weighted by Gasteiger charge is -2.11. The van der Waals surface area contributed by atoms with Gasteiger partial charge in [-0.2, -0.15) is 0 Å². The zero-order chi connectivity index (χ0) is 16.7. The number of rotatable bonds is 6. The van der Waals surface area contributed by atoms with Crippen LogP contribution >= 0.6 is 23.2 Å². The quantitative estimate of drug-likeness (QED) is 0.447. The third-order valence-electron chi connectivity index (χ3n) is 4.36. The second-order valence-corrected chi connectivity index (χ2v) is 7.63. The molecule has 0 saturated heterocycles. The molecule has 1 heterocycles. The van der Waals surface area contributed by atoms with Crippen molar-refractivity contribution in [2.75, 3.05) is 6.61 Å². The van der Waals surface area contributed by atoms with Crippen molar-refractivity contribution in [2.24, 2.45) is 5.41 Å². The number of aryl methyl sites for hydroxylation is 1. The number of alkyl halides is 2. The highest BCUT2D eigenvalue weighted by molar-refractivity contribution is 6.53. The van der Waals surface area contributed by atoms with Crippen LogP contribution < -0.4 is 0 Å². The van der Waals surface area contributed by atoms with Gasteiger partial charge in [0, 0.05) is 29.9 Å². The maximum atomic E-state index is 12.3. The molecule has 0 radical (unpaired) electrons. The molecule has 1 saturated carbocycles. The van der Waals surface area contributed by atoms with Crippen molar-refractivity contribution in [3.63, 3.8) is 0 Å². The molecular formula is C16H21Cl2NO3. The van der Waals surface area contributed by atoms with Gasteiger partial charge < -0.3 is 9.30 Å². The lowest BCUT2D eigenvalue weighted by molar-refractivity contribution is -0.148. The molecule has 6 heteroatoms. The largest absolute Gasteiger partial charge is 0.457 e. The smallest absolute Gasteiger partial charge is 0.315 e. The average molecular weight is 346 g/mol. The summed E-state index contributed by atoms with van der Waals surface area (Å²) < 4.78 is 6.14. The van der Waals surface area contributed by atoms with Crippen LogP contribution in [0.3, 0.4) is 0 Å². The molecule has 0 aromatic carbocycles. The number of carbonyl (C=O) groups is 2. The Labute approximate surface area is 140 Å². The van der Waals surface area contributed by atoms with E-state index in [9.17, 15) is 9.59 Å². The van der Waals surface area contributed by atoms with Gasteiger partial charge in [0.2, 0.25) is 5.78 Å². The van der Waals surface area contributed by atoms with Gasteiger partial charge in [0.15, 0.2) is 6.61 Å². The fourth-order valence-electron chi connectivity index (χ4n) is 2.64. The van der Waals surface area contributed by atoms with E-state index in [4.69, 9.17) is 27.9 Å². The van der Waals surface area contributed by atoms with Gasteiger partial charge in [-0.1, -0.05) is 6.92 Å². The van der Waals surface area contributed by atoms with Crippen LogP contribution in [0.1, 0.15) is 48.4 Å². The van der Waals surface area contributed by atoms with Crippen LogP contribution in [-0.4, -0.2) is 27.3 Å². The van der Waals surface area contributed by atoms with Crippen LogP contribution in [0.25, 0.3) is 0 Å². The zero-order valence-electron chi connectivity index (χ0n) is 13.3.